The molecule has 1 N–H and O–H groups in total. The molecule has 2 aromatic rings. The number of sulfonamides is 1. The van der Waals surface area contributed by atoms with Crippen LogP contribution in [0.25, 0.3) is 0 Å². The fourth-order valence-corrected chi connectivity index (χ4v) is 3.88. The summed E-state index contributed by atoms with van der Waals surface area (Å²) in [7, 11) is -1.95. The van der Waals surface area contributed by atoms with Gasteiger partial charge < -0.3 is 5.32 Å². The molecule has 0 saturated heterocycles. The third kappa shape index (κ3) is 3.55. The van der Waals surface area contributed by atoms with Gasteiger partial charge in [-0.05, 0) is 49.2 Å². The monoisotopic (exact) mass is 355 g/mol. The van der Waals surface area contributed by atoms with E-state index in [0.29, 0.717) is 16.8 Å². The highest BCUT2D eigenvalue weighted by atomic mass is 32.2. The Balaban J connectivity index is 1.78. The largest absolute Gasteiger partial charge is 0.321 e. The minimum Gasteiger partial charge on any atom is -0.321 e. The third-order valence-corrected chi connectivity index (χ3v) is 6.07. The summed E-state index contributed by atoms with van der Waals surface area (Å²) in [6, 6.07) is 14.6. The van der Waals surface area contributed by atoms with Crippen molar-refractivity contribution in [3.8, 4) is 6.07 Å². The maximum absolute atomic E-state index is 12.5. The van der Waals surface area contributed by atoms with Crippen molar-refractivity contribution in [1.29, 1.82) is 5.26 Å². The Morgan fingerprint density at radius 1 is 1.16 bits per heavy atom. The molecule has 0 heterocycles. The summed E-state index contributed by atoms with van der Waals surface area (Å²) in [4.78, 5) is 12.5. The van der Waals surface area contributed by atoms with Crippen LogP contribution in [0.1, 0.15) is 28.8 Å². The van der Waals surface area contributed by atoms with E-state index in [-0.39, 0.29) is 10.9 Å². The molecule has 0 atom stereocenters. The van der Waals surface area contributed by atoms with Crippen molar-refractivity contribution in [2.75, 3.05) is 12.4 Å². The van der Waals surface area contributed by atoms with Crippen molar-refractivity contribution in [2.45, 2.75) is 23.8 Å². The molecular formula is C18H17N3O3S. The molecule has 6 nitrogen and oxygen atoms in total. The van der Waals surface area contributed by atoms with E-state index in [1.807, 2.05) is 6.07 Å². The molecule has 1 aliphatic rings. The highest BCUT2D eigenvalue weighted by molar-refractivity contribution is 7.89. The van der Waals surface area contributed by atoms with Gasteiger partial charge in [0.25, 0.3) is 5.91 Å². The average molecular weight is 355 g/mol. The van der Waals surface area contributed by atoms with Crippen LogP contribution < -0.4 is 5.32 Å². The number of carbonyl (C=O) groups is 1. The Morgan fingerprint density at radius 3 is 2.40 bits per heavy atom. The molecule has 1 saturated carbocycles. The van der Waals surface area contributed by atoms with Crippen molar-refractivity contribution in [3.63, 3.8) is 0 Å². The molecule has 0 spiro atoms. The lowest BCUT2D eigenvalue weighted by molar-refractivity contribution is 0.102. The number of anilines is 1. The molecule has 3 rings (SSSR count). The van der Waals surface area contributed by atoms with Gasteiger partial charge in [0, 0.05) is 18.7 Å². The van der Waals surface area contributed by atoms with Gasteiger partial charge in [-0.2, -0.15) is 9.57 Å². The number of nitriles is 1. The van der Waals surface area contributed by atoms with Gasteiger partial charge in [-0.3, -0.25) is 4.79 Å². The van der Waals surface area contributed by atoms with E-state index < -0.39 is 15.9 Å². The van der Waals surface area contributed by atoms with Gasteiger partial charge >= 0.3 is 0 Å². The molecular weight excluding hydrogens is 338 g/mol. The number of benzene rings is 2. The van der Waals surface area contributed by atoms with Gasteiger partial charge in [-0.25, -0.2) is 8.42 Å². The zero-order chi connectivity index (χ0) is 18.0. The summed E-state index contributed by atoms with van der Waals surface area (Å²) in [6.07, 6.45) is 1.77. The van der Waals surface area contributed by atoms with Crippen LogP contribution in [0.3, 0.4) is 0 Å². The summed E-state index contributed by atoms with van der Waals surface area (Å²) in [5, 5.41) is 11.7. The number of nitrogens with zero attached hydrogens (tertiary/aromatic N) is 2. The smallest absolute Gasteiger partial charge is 0.255 e. The van der Waals surface area contributed by atoms with E-state index in [9.17, 15) is 13.2 Å². The fraction of sp³-hybridized carbons (Fsp3) is 0.222. The number of hydrogen-bond donors (Lipinski definition) is 1. The summed E-state index contributed by atoms with van der Waals surface area (Å²) in [6.45, 7) is 0. The van der Waals surface area contributed by atoms with E-state index in [1.54, 1.807) is 31.3 Å². The number of amides is 1. The minimum absolute atomic E-state index is 0.0791. The summed E-state index contributed by atoms with van der Waals surface area (Å²) >= 11 is 0. The zero-order valence-corrected chi connectivity index (χ0v) is 14.5. The number of hydrogen-bond acceptors (Lipinski definition) is 4. The van der Waals surface area contributed by atoms with Crippen molar-refractivity contribution >= 4 is 21.6 Å². The molecule has 1 aliphatic carbocycles. The lowest BCUT2D eigenvalue weighted by Crippen LogP contribution is -2.29. The lowest BCUT2D eigenvalue weighted by Gasteiger charge is -2.16. The summed E-state index contributed by atoms with van der Waals surface area (Å²) in [5.41, 5.74) is 1.10. The molecule has 7 heteroatoms. The molecule has 2 aromatic carbocycles. The first kappa shape index (κ1) is 17.1. The Hall–Kier alpha value is -2.69. The van der Waals surface area contributed by atoms with E-state index in [0.717, 1.165) is 12.8 Å². The number of rotatable bonds is 5. The number of para-hydroxylation sites is 1. The van der Waals surface area contributed by atoms with E-state index in [2.05, 4.69) is 5.32 Å². The lowest BCUT2D eigenvalue weighted by atomic mass is 10.1. The van der Waals surface area contributed by atoms with Crippen LogP contribution in [0.2, 0.25) is 0 Å². The van der Waals surface area contributed by atoms with Crippen LogP contribution in [0.4, 0.5) is 5.69 Å². The Labute approximate surface area is 146 Å². The van der Waals surface area contributed by atoms with E-state index in [4.69, 9.17) is 5.26 Å². The van der Waals surface area contributed by atoms with Gasteiger partial charge in [0.05, 0.1) is 16.1 Å². The molecule has 1 fully saturated rings. The molecule has 0 unspecified atom stereocenters. The van der Waals surface area contributed by atoms with E-state index in [1.165, 1.54) is 28.6 Å². The quantitative estimate of drug-likeness (QED) is 0.892. The fourth-order valence-electron chi connectivity index (χ4n) is 2.46. The average Bonchev–Trinajstić information content (AvgIpc) is 3.46. The molecule has 0 bridgehead atoms. The predicted octanol–water partition coefficient (Wildman–Crippen LogP) is 2.59. The minimum atomic E-state index is -3.53. The first-order valence-electron chi connectivity index (χ1n) is 7.82. The molecule has 0 aromatic heterocycles. The third-order valence-electron chi connectivity index (χ3n) is 4.15. The van der Waals surface area contributed by atoms with Gasteiger partial charge in [0.1, 0.15) is 6.07 Å². The van der Waals surface area contributed by atoms with Gasteiger partial charge in [0.15, 0.2) is 0 Å². The van der Waals surface area contributed by atoms with Crippen molar-refractivity contribution in [1.82, 2.24) is 4.31 Å². The number of nitrogens with one attached hydrogen (secondary N) is 1. The highest BCUT2D eigenvalue weighted by Gasteiger charge is 2.34. The van der Waals surface area contributed by atoms with Crippen LogP contribution >= 0.6 is 0 Å². The second-order valence-corrected chi connectivity index (χ2v) is 7.89. The van der Waals surface area contributed by atoms with Crippen LogP contribution in [0.5, 0.6) is 0 Å². The second kappa shape index (κ2) is 6.67. The van der Waals surface area contributed by atoms with E-state index >= 15 is 0 Å². The van der Waals surface area contributed by atoms with Crippen LogP contribution in [-0.4, -0.2) is 31.7 Å². The van der Waals surface area contributed by atoms with Gasteiger partial charge in [-0.15, -0.1) is 0 Å². The Bertz CT molecular complexity index is 942. The van der Waals surface area contributed by atoms with Crippen molar-refractivity contribution < 1.29 is 13.2 Å². The molecule has 0 aliphatic heterocycles. The van der Waals surface area contributed by atoms with Gasteiger partial charge in [0.2, 0.25) is 10.0 Å². The molecule has 1 amide bonds. The molecule has 0 radical (unpaired) electrons. The van der Waals surface area contributed by atoms with Gasteiger partial charge in [-0.1, -0.05) is 12.1 Å². The predicted molar refractivity (Wildman–Crippen MR) is 93.5 cm³/mol. The maximum atomic E-state index is 12.5. The normalized spacial score (nSPS) is 14.1. The van der Waals surface area contributed by atoms with Crippen molar-refractivity contribution in [2.24, 2.45) is 0 Å². The second-order valence-electron chi connectivity index (χ2n) is 5.89. The zero-order valence-electron chi connectivity index (χ0n) is 13.6. The standard InChI is InChI=1S/C18H17N3O3S/c1-21(15-8-9-15)25(23,24)16-10-6-13(7-11-16)18(22)20-17-5-3-2-4-14(17)12-19/h2-7,10-11,15H,8-9H2,1H3,(H,20,22). The summed E-state index contributed by atoms with van der Waals surface area (Å²) < 4.78 is 26.3. The number of carbonyl (C=O) groups excluding carboxylic acids is 1. The first-order valence-corrected chi connectivity index (χ1v) is 9.26. The van der Waals surface area contributed by atoms with Crippen LogP contribution in [0.15, 0.2) is 53.4 Å². The topological polar surface area (TPSA) is 90.3 Å². The highest BCUT2D eigenvalue weighted by Crippen LogP contribution is 2.30. The van der Waals surface area contributed by atoms with Crippen LogP contribution in [-0.2, 0) is 10.0 Å². The molecule has 25 heavy (non-hydrogen) atoms. The SMILES string of the molecule is CN(C1CC1)S(=O)(=O)c1ccc(C(=O)Nc2ccccc2C#N)cc1. The Kier molecular flexibility index (Phi) is 4.57. The van der Waals surface area contributed by atoms with Crippen molar-refractivity contribution in [3.05, 3.63) is 59.7 Å². The molecule has 128 valence electrons. The Morgan fingerprint density at radius 2 is 1.80 bits per heavy atom. The maximum Gasteiger partial charge on any atom is 0.255 e. The first-order chi connectivity index (χ1) is 11.9. The summed E-state index contributed by atoms with van der Waals surface area (Å²) in [5.74, 6) is -0.401. The van der Waals surface area contributed by atoms with Crippen LogP contribution in [0, 0.1) is 11.3 Å².